The zero-order valence-electron chi connectivity index (χ0n) is 22.7. The molecule has 0 amide bonds. The lowest BCUT2D eigenvalue weighted by molar-refractivity contribution is 1.06. The molecule has 0 aliphatic heterocycles. The fourth-order valence-corrected chi connectivity index (χ4v) is 4.51. The normalized spacial score (nSPS) is 10.5. The van der Waals surface area contributed by atoms with Crippen molar-refractivity contribution in [2.45, 2.75) is 0 Å². The summed E-state index contributed by atoms with van der Waals surface area (Å²) in [6.07, 6.45) is 0. The van der Waals surface area contributed by atoms with E-state index in [-0.39, 0.29) is 5.82 Å². The molecule has 0 atom stereocenters. The van der Waals surface area contributed by atoms with Crippen LogP contribution in [0.25, 0.3) is 22.4 Å². The molecule has 0 unspecified atom stereocenters. The first-order valence-electron chi connectivity index (χ1n) is 13.3. The van der Waals surface area contributed by atoms with Crippen molar-refractivity contribution in [1.82, 2.24) is 19.9 Å². The first-order chi connectivity index (χ1) is 21.0. The van der Waals surface area contributed by atoms with Gasteiger partial charge in [0.05, 0.1) is 5.69 Å². The molecule has 0 saturated carbocycles. The van der Waals surface area contributed by atoms with Crippen LogP contribution in [0.15, 0.2) is 115 Å². The Morgan fingerprint density at radius 3 is 1.53 bits per heavy atom. The zero-order chi connectivity index (χ0) is 29.6. The van der Waals surface area contributed by atoms with Gasteiger partial charge in [0.1, 0.15) is 17.5 Å². The first kappa shape index (κ1) is 27.2. The summed E-state index contributed by atoms with van der Waals surface area (Å²) in [4.78, 5) is 18.2. The van der Waals surface area contributed by atoms with Gasteiger partial charge in [0.2, 0.25) is 17.8 Å². The van der Waals surface area contributed by atoms with E-state index in [9.17, 15) is 5.26 Å². The number of hydrogen-bond acceptors (Lipinski definition) is 9. The molecule has 0 saturated heterocycles. The molecule has 0 fully saturated rings. The number of nitriles is 1. The van der Waals surface area contributed by atoms with Gasteiger partial charge in [-0.2, -0.15) is 20.2 Å². The van der Waals surface area contributed by atoms with E-state index < -0.39 is 0 Å². The summed E-state index contributed by atoms with van der Waals surface area (Å²) >= 11 is 6.07. The summed E-state index contributed by atoms with van der Waals surface area (Å²) in [5.41, 5.74) is 11.9. The molecule has 0 radical (unpaired) electrons. The number of aromatic nitrogens is 4. The largest absolute Gasteiger partial charge is 0.383 e. The number of para-hydroxylation sites is 2. The minimum atomic E-state index is 0.161. The molecule has 2 heterocycles. The molecule has 0 aliphatic carbocycles. The Labute approximate surface area is 253 Å². The van der Waals surface area contributed by atoms with Crippen LogP contribution in [0.5, 0.6) is 0 Å². The van der Waals surface area contributed by atoms with Crippen molar-refractivity contribution in [1.29, 1.82) is 5.26 Å². The summed E-state index contributed by atoms with van der Waals surface area (Å²) in [6, 6.07) is 38.2. The van der Waals surface area contributed by atoms with Gasteiger partial charge in [0.25, 0.3) is 0 Å². The summed E-state index contributed by atoms with van der Waals surface area (Å²) in [6.45, 7) is 0. The summed E-state index contributed by atoms with van der Waals surface area (Å²) in [7, 11) is 0. The molecule has 0 spiro atoms. The van der Waals surface area contributed by atoms with E-state index in [2.05, 4.69) is 42.0 Å². The van der Waals surface area contributed by atoms with Crippen molar-refractivity contribution in [3.05, 3.63) is 126 Å². The molecule has 43 heavy (non-hydrogen) atoms. The fourth-order valence-electron chi connectivity index (χ4n) is 4.39. The maximum atomic E-state index is 9.73. The van der Waals surface area contributed by atoms with Crippen LogP contribution < -0.4 is 21.7 Å². The lowest BCUT2D eigenvalue weighted by atomic mass is 9.98. The second-order valence-corrected chi connectivity index (χ2v) is 9.86. The average Bonchev–Trinajstić information content (AvgIpc) is 3.02. The van der Waals surface area contributed by atoms with Crippen molar-refractivity contribution in [2.24, 2.45) is 0 Å². The maximum absolute atomic E-state index is 9.73. The SMILES string of the molecule is N#Cc1c(-c2ccc(Cl)cc2)cc(-c2ccc(Nc3nc(Nc4ccccc4)nc(Nc4ccccc4)n3)cc2)nc1N. The standard InChI is InChI=1S/C33H24ClN9/c34-23-15-11-21(12-16-23)27-19-29(40-30(36)28(27)20-35)22-13-17-26(18-14-22)39-33-42-31(37-24-7-3-1-4-8-24)41-32(43-33)38-25-9-5-2-6-10-25/h1-19H,(H2,36,40)(H3,37,38,39,41,42,43). The van der Waals surface area contributed by atoms with Gasteiger partial charge in [-0.05, 0) is 60.2 Å². The van der Waals surface area contributed by atoms with E-state index in [0.717, 1.165) is 28.2 Å². The number of nitrogen functional groups attached to an aromatic ring is 1. The second kappa shape index (κ2) is 12.3. The Kier molecular flexibility index (Phi) is 7.76. The Morgan fingerprint density at radius 1 is 0.581 bits per heavy atom. The molecule has 9 nitrogen and oxygen atoms in total. The van der Waals surface area contributed by atoms with Gasteiger partial charge < -0.3 is 21.7 Å². The number of hydrogen-bond donors (Lipinski definition) is 4. The Balaban J connectivity index is 1.28. The van der Waals surface area contributed by atoms with Gasteiger partial charge in [0.15, 0.2) is 0 Å². The predicted octanol–water partition coefficient (Wildman–Crippen LogP) is 7.94. The monoisotopic (exact) mass is 581 g/mol. The summed E-state index contributed by atoms with van der Waals surface area (Å²) in [5, 5.41) is 20.1. The van der Waals surface area contributed by atoms with E-state index in [1.165, 1.54) is 0 Å². The Hall–Kier alpha value is -5.98. The number of nitrogens with two attached hydrogens (primary N) is 1. The number of pyridine rings is 1. The van der Waals surface area contributed by atoms with Crippen molar-refractivity contribution in [2.75, 3.05) is 21.7 Å². The van der Waals surface area contributed by atoms with Crippen LogP contribution in [-0.2, 0) is 0 Å². The molecule has 208 valence electrons. The molecule has 4 aromatic carbocycles. The van der Waals surface area contributed by atoms with Gasteiger partial charge in [-0.15, -0.1) is 0 Å². The average molecular weight is 582 g/mol. The van der Waals surface area contributed by atoms with E-state index in [1.54, 1.807) is 12.1 Å². The number of nitrogens with one attached hydrogen (secondary N) is 3. The zero-order valence-corrected chi connectivity index (χ0v) is 23.4. The smallest absolute Gasteiger partial charge is 0.233 e. The molecule has 5 N–H and O–H groups in total. The highest BCUT2D eigenvalue weighted by atomic mass is 35.5. The van der Waals surface area contributed by atoms with Crippen LogP contribution in [0.3, 0.4) is 0 Å². The third-order valence-electron chi connectivity index (χ3n) is 6.45. The molecular formula is C33H24ClN9. The second-order valence-electron chi connectivity index (χ2n) is 9.42. The topological polar surface area (TPSA) is 137 Å². The molecular weight excluding hydrogens is 558 g/mol. The number of anilines is 7. The number of benzene rings is 4. The molecule has 0 bridgehead atoms. The van der Waals surface area contributed by atoms with Gasteiger partial charge >= 0.3 is 0 Å². The number of rotatable bonds is 8. The van der Waals surface area contributed by atoms with Crippen molar-refractivity contribution < 1.29 is 0 Å². The molecule has 10 heteroatoms. The van der Waals surface area contributed by atoms with Gasteiger partial charge in [-0.1, -0.05) is 72.3 Å². The lowest BCUT2D eigenvalue weighted by Crippen LogP contribution is -2.07. The third-order valence-corrected chi connectivity index (χ3v) is 6.70. The van der Waals surface area contributed by atoms with E-state index >= 15 is 0 Å². The molecule has 0 aliphatic rings. The van der Waals surface area contributed by atoms with E-state index in [4.69, 9.17) is 17.3 Å². The van der Waals surface area contributed by atoms with Gasteiger partial charge in [-0.3, -0.25) is 0 Å². The Bertz CT molecular complexity index is 1850. The third kappa shape index (κ3) is 6.51. The van der Waals surface area contributed by atoms with Crippen LogP contribution in [-0.4, -0.2) is 19.9 Å². The van der Waals surface area contributed by atoms with Crippen molar-refractivity contribution in [3.63, 3.8) is 0 Å². The van der Waals surface area contributed by atoms with Crippen LogP contribution in [0, 0.1) is 11.3 Å². The van der Waals surface area contributed by atoms with Crippen molar-refractivity contribution in [3.8, 4) is 28.5 Å². The maximum Gasteiger partial charge on any atom is 0.233 e. The van der Waals surface area contributed by atoms with Gasteiger partial charge in [-0.25, -0.2) is 4.98 Å². The predicted molar refractivity (Wildman–Crippen MR) is 172 cm³/mol. The minimum absolute atomic E-state index is 0.161. The lowest BCUT2D eigenvalue weighted by Gasteiger charge is -2.12. The quantitative estimate of drug-likeness (QED) is 0.141. The summed E-state index contributed by atoms with van der Waals surface area (Å²) in [5.74, 6) is 1.27. The van der Waals surface area contributed by atoms with Crippen LogP contribution in [0.4, 0.5) is 40.7 Å². The van der Waals surface area contributed by atoms with Crippen LogP contribution in [0.1, 0.15) is 5.56 Å². The van der Waals surface area contributed by atoms with Crippen LogP contribution >= 0.6 is 11.6 Å². The highest BCUT2D eigenvalue weighted by molar-refractivity contribution is 6.30. The molecule has 2 aromatic heterocycles. The van der Waals surface area contributed by atoms with E-state index in [0.29, 0.717) is 39.7 Å². The minimum Gasteiger partial charge on any atom is -0.383 e. The Morgan fingerprint density at radius 2 is 1.05 bits per heavy atom. The number of halogens is 1. The fraction of sp³-hybridized carbons (Fsp3) is 0. The van der Waals surface area contributed by atoms with Crippen molar-refractivity contribution >= 4 is 52.3 Å². The highest BCUT2D eigenvalue weighted by Gasteiger charge is 2.14. The first-order valence-corrected chi connectivity index (χ1v) is 13.7. The summed E-state index contributed by atoms with van der Waals surface area (Å²) < 4.78 is 0. The number of nitrogens with zero attached hydrogens (tertiary/aromatic N) is 5. The highest BCUT2D eigenvalue weighted by Crippen LogP contribution is 2.32. The van der Waals surface area contributed by atoms with Crippen LogP contribution in [0.2, 0.25) is 5.02 Å². The van der Waals surface area contributed by atoms with Gasteiger partial charge in [0, 0.05) is 33.2 Å². The molecule has 6 aromatic rings. The molecule has 6 rings (SSSR count). The van der Waals surface area contributed by atoms with E-state index in [1.807, 2.05) is 103 Å².